The van der Waals surface area contributed by atoms with E-state index in [9.17, 15) is 13.2 Å². The monoisotopic (exact) mass is 428 g/mol. The quantitative estimate of drug-likeness (QED) is 0.414. The van der Waals surface area contributed by atoms with Gasteiger partial charge in [0.15, 0.2) is 0 Å². The second kappa shape index (κ2) is 9.37. The smallest absolute Gasteiger partial charge is 0.339 e. The van der Waals surface area contributed by atoms with Crippen molar-refractivity contribution >= 4 is 23.1 Å². The Kier molecular flexibility index (Phi) is 6.83. The predicted octanol–water partition coefficient (Wildman–Crippen LogP) is 7.30. The predicted molar refractivity (Wildman–Crippen MR) is 119 cm³/mol. The Morgan fingerprint density at radius 1 is 0.903 bits per heavy atom. The maximum absolute atomic E-state index is 13.6. The fourth-order valence-corrected chi connectivity index (χ4v) is 3.21. The maximum atomic E-state index is 13.6. The van der Waals surface area contributed by atoms with E-state index < -0.39 is 11.7 Å². The summed E-state index contributed by atoms with van der Waals surface area (Å²) in [7, 11) is 0. The van der Waals surface area contributed by atoms with E-state index >= 15 is 0 Å². The van der Waals surface area contributed by atoms with Crippen LogP contribution >= 0.6 is 0 Å². The van der Waals surface area contributed by atoms with Gasteiger partial charge in [-0.1, -0.05) is 58.0 Å². The lowest BCUT2D eigenvalue weighted by atomic mass is 10.0. The van der Waals surface area contributed by atoms with E-state index in [-0.39, 0.29) is 11.8 Å². The third-order valence-corrected chi connectivity index (χ3v) is 4.83. The van der Waals surface area contributed by atoms with Gasteiger partial charge >= 0.3 is 6.18 Å². The molecule has 31 heavy (non-hydrogen) atoms. The molecular formula is C24H27F3N4. The van der Waals surface area contributed by atoms with Crippen molar-refractivity contribution < 1.29 is 13.2 Å². The van der Waals surface area contributed by atoms with Gasteiger partial charge in [-0.05, 0) is 47.6 Å². The molecule has 7 heteroatoms. The number of para-hydroxylation sites is 1. The average molecular weight is 429 g/mol. The van der Waals surface area contributed by atoms with E-state index in [1.54, 1.807) is 12.1 Å². The molecule has 2 N–H and O–H groups in total. The van der Waals surface area contributed by atoms with Crippen molar-refractivity contribution in [1.29, 1.82) is 0 Å². The van der Waals surface area contributed by atoms with Gasteiger partial charge in [0.1, 0.15) is 11.4 Å². The topological polar surface area (TPSA) is 49.8 Å². The van der Waals surface area contributed by atoms with E-state index in [1.807, 2.05) is 36.4 Å². The second-order valence-corrected chi connectivity index (χ2v) is 8.24. The van der Waals surface area contributed by atoms with Crippen molar-refractivity contribution in [2.24, 2.45) is 5.92 Å². The molecule has 0 radical (unpaired) electrons. The fourth-order valence-electron chi connectivity index (χ4n) is 3.21. The maximum Gasteiger partial charge on any atom is 0.421 e. The van der Waals surface area contributed by atoms with E-state index in [0.29, 0.717) is 23.2 Å². The molecule has 0 fully saturated rings. The molecule has 3 rings (SSSR count). The van der Waals surface area contributed by atoms with Crippen molar-refractivity contribution in [2.45, 2.75) is 46.2 Å². The summed E-state index contributed by atoms with van der Waals surface area (Å²) < 4.78 is 40.8. The van der Waals surface area contributed by atoms with E-state index in [4.69, 9.17) is 0 Å². The highest BCUT2D eigenvalue weighted by atomic mass is 19.4. The molecule has 0 amide bonds. The number of benzene rings is 2. The molecule has 0 saturated carbocycles. The zero-order chi connectivity index (χ0) is 22.6. The summed E-state index contributed by atoms with van der Waals surface area (Å²) in [6, 6.07) is 15.0. The van der Waals surface area contributed by atoms with E-state index in [1.165, 1.54) is 5.56 Å². The number of hydrogen-bond donors (Lipinski definition) is 2. The first-order valence-electron chi connectivity index (χ1n) is 10.3. The highest BCUT2D eigenvalue weighted by Gasteiger charge is 2.35. The largest absolute Gasteiger partial charge is 0.421 e. The van der Waals surface area contributed by atoms with Crippen molar-refractivity contribution in [3.63, 3.8) is 0 Å². The molecule has 1 aromatic heterocycles. The number of hydrogen-bond acceptors (Lipinski definition) is 4. The van der Waals surface area contributed by atoms with E-state index in [0.717, 1.165) is 18.2 Å². The van der Waals surface area contributed by atoms with Crippen LogP contribution in [0.4, 0.5) is 36.3 Å². The number of aromatic nitrogens is 2. The lowest BCUT2D eigenvalue weighted by molar-refractivity contribution is -0.137. The minimum Gasteiger partial charge on any atom is -0.339 e. The van der Waals surface area contributed by atoms with Gasteiger partial charge in [-0.15, -0.1) is 0 Å². The number of alkyl halides is 3. The molecule has 0 spiro atoms. The highest BCUT2D eigenvalue weighted by Crippen LogP contribution is 2.36. The third kappa shape index (κ3) is 5.96. The van der Waals surface area contributed by atoms with Crippen LogP contribution in [0.1, 0.15) is 50.3 Å². The second-order valence-electron chi connectivity index (χ2n) is 8.24. The van der Waals surface area contributed by atoms with Crippen LogP contribution in [0, 0.1) is 5.92 Å². The van der Waals surface area contributed by atoms with Crippen LogP contribution in [0.3, 0.4) is 0 Å². The first-order valence-corrected chi connectivity index (χ1v) is 10.3. The minimum atomic E-state index is -4.58. The van der Waals surface area contributed by atoms with Crippen molar-refractivity contribution in [3.05, 3.63) is 71.4 Å². The van der Waals surface area contributed by atoms with Gasteiger partial charge in [-0.2, -0.15) is 18.2 Å². The van der Waals surface area contributed by atoms with Crippen LogP contribution in [0.15, 0.2) is 54.7 Å². The fraction of sp³-hybridized carbons (Fsp3) is 0.333. The molecule has 0 aliphatic carbocycles. The molecular weight excluding hydrogens is 401 g/mol. The summed E-state index contributed by atoms with van der Waals surface area (Å²) in [6.07, 6.45) is -3.03. The normalized spacial score (nSPS) is 11.8. The first-order chi connectivity index (χ1) is 14.6. The summed E-state index contributed by atoms with van der Waals surface area (Å²) in [6.45, 7) is 8.32. The number of halogens is 3. The van der Waals surface area contributed by atoms with Crippen molar-refractivity contribution in [2.75, 3.05) is 10.6 Å². The molecule has 0 bridgehead atoms. The molecule has 0 aliphatic rings. The van der Waals surface area contributed by atoms with Crippen LogP contribution in [0.5, 0.6) is 0 Å². The van der Waals surface area contributed by atoms with Crippen molar-refractivity contribution in [3.8, 4) is 0 Å². The van der Waals surface area contributed by atoms with Crippen LogP contribution < -0.4 is 10.6 Å². The Hall–Kier alpha value is -3.09. The summed E-state index contributed by atoms with van der Waals surface area (Å²) in [5, 5.41) is 5.88. The molecule has 1 heterocycles. The molecule has 4 nitrogen and oxygen atoms in total. The third-order valence-electron chi connectivity index (χ3n) is 4.83. The number of nitrogens with one attached hydrogen (secondary N) is 2. The van der Waals surface area contributed by atoms with Crippen LogP contribution in [-0.2, 0) is 12.6 Å². The molecule has 0 aliphatic heterocycles. The van der Waals surface area contributed by atoms with Crippen LogP contribution in [-0.4, -0.2) is 9.97 Å². The summed E-state index contributed by atoms with van der Waals surface area (Å²) in [5.74, 6) is 0.564. The minimum absolute atomic E-state index is 0.0918. The molecule has 2 aromatic carbocycles. The zero-order valence-corrected chi connectivity index (χ0v) is 18.1. The van der Waals surface area contributed by atoms with Crippen LogP contribution in [0.2, 0.25) is 0 Å². The summed E-state index contributed by atoms with van der Waals surface area (Å²) in [4.78, 5) is 8.04. The number of rotatable bonds is 7. The van der Waals surface area contributed by atoms with Gasteiger partial charge < -0.3 is 10.6 Å². The van der Waals surface area contributed by atoms with Gasteiger partial charge in [0.2, 0.25) is 5.95 Å². The average Bonchev–Trinajstić information content (AvgIpc) is 2.69. The molecule has 0 unspecified atom stereocenters. The van der Waals surface area contributed by atoms with Crippen LogP contribution in [0.25, 0.3) is 0 Å². The Morgan fingerprint density at radius 2 is 1.58 bits per heavy atom. The standard InChI is InChI=1S/C24H27F3N4/c1-15(2)13-18-7-5-6-8-21(18)30-22-20(24(25,26)27)14-28-23(31-22)29-19-11-9-17(10-12-19)16(3)4/h5-12,14-16H,13H2,1-4H3,(H2,28,29,30,31). The molecule has 3 aromatic rings. The Labute approximate surface area is 181 Å². The zero-order valence-electron chi connectivity index (χ0n) is 18.1. The first kappa shape index (κ1) is 22.6. The Bertz CT molecular complexity index is 1010. The SMILES string of the molecule is CC(C)Cc1ccccc1Nc1nc(Nc2ccc(C(C)C)cc2)ncc1C(F)(F)F. The number of nitrogens with zero attached hydrogens (tertiary/aromatic N) is 2. The van der Waals surface area contributed by atoms with Gasteiger partial charge in [0.25, 0.3) is 0 Å². The number of anilines is 4. The lowest BCUT2D eigenvalue weighted by Crippen LogP contribution is -2.13. The Morgan fingerprint density at radius 3 is 2.19 bits per heavy atom. The van der Waals surface area contributed by atoms with Gasteiger partial charge in [-0.25, -0.2) is 4.98 Å². The highest BCUT2D eigenvalue weighted by molar-refractivity contribution is 5.65. The molecule has 0 saturated heterocycles. The van der Waals surface area contributed by atoms with Crippen molar-refractivity contribution in [1.82, 2.24) is 9.97 Å². The van der Waals surface area contributed by atoms with Gasteiger partial charge in [0.05, 0.1) is 0 Å². The molecule has 0 atom stereocenters. The van der Waals surface area contributed by atoms with Gasteiger partial charge in [0, 0.05) is 17.6 Å². The summed E-state index contributed by atoms with van der Waals surface area (Å²) in [5.41, 5.74) is 2.50. The van der Waals surface area contributed by atoms with E-state index in [2.05, 4.69) is 48.3 Å². The van der Waals surface area contributed by atoms with Gasteiger partial charge in [-0.3, -0.25) is 0 Å². The molecule has 164 valence electrons. The Balaban J connectivity index is 1.93. The summed E-state index contributed by atoms with van der Waals surface area (Å²) >= 11 is 0. The lowest BCUT2D eigenvalue weighted by Gasteiger charge is -2.17.